The highest BCUT2D eigenvalue weighted by molar-refractivity contribution is 6.16. The molecule has 0 aliphatic carbocycles. The standard InChI is InChI=1S/C19H17F2NO4/c1-9(2)17(23)15-16(14-7-4-10(3)26-14)22(19(25)18(15)24)11-5-6-12(20)13(21)8-11/h4-9,16,24H,1-3H3. The Balaban J connectivity index is 2.19. The molecule has 136 valence electrons. The Morgan fingerprint density at radius 2 is 1.88 bits per heavy atom. The highest BCUT2D eigenvalue weighted by atomic mass is 19.2. The molecule has 1 unspecified atom stereocenters. The van der Waals surface area contributed by atoms with Gasteiger partial charge < -0.3 is 9.52 Å². The van der Waals surface area contributed by atoms with Crippen LogP contribution in [-0.2, 0) is 9.59 Å². The second kappa shape index (κ2) is 6.40. The molecule has 1 aliphatic heterocycles. The average molecular weight is 361 g/mol. The van der Waals surface area contributed by atoms with E-state index < -0.39 is 41.0 Å². The first-order valence-electron chi connectivity index (χ1n) is 8.04. The molecule has 1 N–H and O–H groups in total. The summed E-state index contributed by atoms with van der Waals surface area (Å²) in [5.41, 5.74) is -0.116. The smallest absolute Gasteiger partial charge is 0.294 e. The second-order valence-electron chi connectivity index (χ2n) is 6.41. The molecule has 2 aromatic rings. The largest absolute Gasteiger partial charge is 0.503 e. The van der Waals surface area contributed by atoms with Gasteiger partial charge >= 0.3 is 0 Å². The molecule has 0 saturated carbocycles. The van der Waals surface area contributed by atoms with E-state index in [9.17, 15) is 23.5 Å². The number of hydrogen-bond acceptors (Lipinski definition) is 4. The number of nitrogens with zero attached hydrogens (tertiary/aromatic N) is 1. The second-order valence-corrected chi connectivity index (χ2v) is 6.41. The molecule has 5 nitrogen and oxygen atoms in total. The van der Waals surface area contributed by atoms with Crippen molar-refractivity contribution in [1.82, 2.24) is 0 Å². The van der Waals surface area contributed by atoms with Gasteiger partial charge in [0, 0.05) is 17.7 Å². The molecule has 0 fully saturated rings. The monoisotopic (exact) mass is 361 g/mol. The number of furan rings is 1. The number of hydrogen-bond donors (Lipinski definition) is 1. The number of aliphatic hydroxyl groups is 1. The van der Waals surface area contributed by atoms with Gasteiger partial charge in [-0.3, -0.25) is 14.5 Å². The van der Waals surface area contributed by atoms with Crippen molar-refractivity contribution in [3.63, 3.8) is 0 Å². The summed E-state index contributed by atoms with van der Waals surface area (Å²) >= 11 is 0. The van der Waals surface area contributed by atoms with Gasteiger partial charge in [-0.25, -0.2) is 8.78 Å². The minimum atomic E-state index is -1.15. The van der Waals surface area contributed by atoms with Crippen LogP contribution in [0.4, 0.5) is 14.5 Å². The summed E-state index contributed by atoms with van der Waals surface area (Å²) < 4.78 is 32.5. The lowest BCUT2D eigenvalue weighted by Gasteiger charge is -2.25. The molecule has 26 heavy (non-hydrogen) atoms. The van der Waals surface area contributed by atoms with Crippen molar-refractivity contribution in [2.45, 2.75) is 26.8 Å². The van der Waals surface area contributed by atoms with Crippen LogP contribution in [0.1, 0.15) is 31.4 Å². The van der Waals surface area contributed by atoms with Crippen LogP contribution in [0, 0.1) is 24.5 Å². The van der Waals surface area contributed by atoms with Crippen LogP contribution in [-0.4, -0.2) is 16.8 Å². The van der Waals surface area contributed by atoms with Gasteiger partial charge in [0.25, 0.3) is 5.91 Å². The van der Waals surface area contributed by atoms with Crippen LogP contribution in [0.15, 0.2) is 46.1 Å². The minimum Gasteiger partial charge on any atom is -0.503 e. The van der Waals surface area contributed by atoms with Crippen molar-refractivity contribution in [2.24, 2.45) is 5.92 Å². The van der Waals surface area contributed by atoms with Gasteiger partial charge in [-0.2, -0.15) is 0 Å². The van der Waals surface area contributed by atoms with E-state index in [1.54, 1.807) is 32.9 Å². The number of ketones is 1. The SMILES string of the molecule is Cc1ccc(C2C(C(=O)C(C)C)=C(O)C(=O)N2c2ccc(F)c(F)c2)o1. The third kappa shape index (κ3) is 2.79. The molecule has 1 aliphatic rings. The van der Waals surface area contributed by atoms with E-state index >= 15 is 0 Å². The highest BCUT2D eigenvalue weighted by Crippen LogP contribution is 2.42. The predicted octanol–water partition coefficient (Wildman–Crippen LogP) is 3.99. The molecule has 1 amide bonds. The number of aryl methyl sites for hydroxylation is 1. The Kier molecular flexibility index (Phi) is 4.39. The van der Waals surface area contributed by atoms with Gasteiger partial charge in [0.2, 0.25) is 0 Å². The zero-order chi connectivity index (χ0) is 19.2. The maximum absolute atomic E-state index is 13.7. The quantitative estimate of drug-likeness (QED) is 0.894. The van der Waals surface area contributed by atoms with Crippen LogP contribution >= 0.6 is 0 Å². The van der Waals surface area contributed by atoms with E-state index in [2.05, 4.69) is 0 Å². The van der Waals surface area contributed by atoms with E-state index in [0.717, 1.165) is 17.0 Å². The Bertz CT molecular complexity index is 929. The van der Waals surface area contributed by atoms with Gasteiger partial charge in [0.1, 0.15) is 17.6 Å². The van der Waals surface area contributed by atoms with Gasteiger partial charge in [-0.15, -0.1) is 0 Å². The molecule has 3 rings (SSSR count). The van der Waals surface area contributed by atoms with E-state index in [1.165, 1.54) is 6.07 Å². The van der Waals surface area contributed by atoms with Crippen molar-refractivity contribution in [3.05, 3.63) is 64.8 Å². The summed E-state index contributed by atoms with van der Waals surface area (Å²) in [6.07, 6.45) is 0. The van der Waals surface area contributed by atoms with Crippen LogP contribution < -0.4 is 4.90 Å². The lowest BCUT2D eigenvalue weighted by Crippen LogP contribution is -2.31. The van der Waals surface area contributed by atoms with Crippen LogP contribution in [0.3, 0.4) is 0 Å². The number of carbonyl (C=O) groups is 2. The molecule has 1 aromatic heterocycles. The normalized spacial score (nSPS) is 17.5. The van der Waals surface area contributed by atoms with E-state index in [4.69, 9.17) is 4.42 Å². The number of rotatable bonds is 4. The number of aliphatic hydroxyl groups excluding tert-OH is 1. The summed E-state index contributed by atoms with van der Waals surface area (Å²) in [6.45, 7) is 4.96. The zero-order valence-corrected chi connectivity index (χ0v) is 14.4. The predicted molar refractivity (Wildman–Crippen MR) is 89.5 cm³/mol. The van der Waals surface area contributed by atoms with Gasteiger partial charge in [0.05, 0.1) is 5.57 Å². The van der Waals surface area contributed by atoms with Crippen molar-refractivity contribution >= 4 is 17.4 Å². The van der Waals surface area contributed by atoms with Crippen LogP contribution in [0.25, 0.3) is 0 Å². The summed E-state index contributed by atoms with van der Waals surface area (Å²) in [7, 11) is 0. The summed E-state index contributed by atoms with van der Waals surface area (Å²) in [5.74, 6) is -3.93. The first kappa shape index (κ1) is 17.8. The van der Waals surface area contributed by atoms with Crippen LogP contribution in [0.2, 0.25) is 0 Å². The summed E-state index contributed by atoms with van der Waals surface area (Å²) in [5, 5.41) is 10.3. The number of amides is 1. The third-order valence-electron chi connectivity index (χ3n) is 4.21. The Morgan fingerprint density at radius 3 is 2.42 bits per heavy atom. The van der Waals surface area contributed by atoms with Crippen molar-refractivity contribution in [1.29, 1.82) is 0 Å². The van der Waals surface area contributed by atoms with Gasteiger partial charge in [-0.05, 0) is 31.2 Å². The molecule has 2 heterocycles. The molecular weight excluding hydrogens is 344 g/mol. The Labute approximate surface area is 148 Å². The zero-order valence-electron chi connectivity index (χ0n) is 14.4. The molecule has 1 atom stereocenters. The number of anilines is 1. The molecule has 0 saturated heterocycles. The van der Waals surface area contributed by atoms with E-state index in [0.29, 0.717) is 5.76 Å². The van der Waals surface area contributed by atoms with Crippen LogP contribution in [0.5, 0.6) is 0 Å². The lowest BCUT2D eigenvalue weighted by atomic mass is 9.94. The fourth-order valence-corrected chi connectivity index (χ4v) is 2.94. The minimum absolute atomic E-state index is 0.00561. The van der Waals surface area contributed by atoms with Crippen molar-refractivity contribution < 1.29 is 27.9 Å². The number of Topliss-reactive ketones (excluding diaryl/α,β-unsaturated/α-hetero) is 1. The maximum Gasteiger partial charge on any atom is 0.294 e. The maximum atomic E-state index is 13.7. The molecule has 0 radical (unpaired) electrons. The first-order valence-corrected chi connectivity index (χ1v) is 8.04. The van der Waals surface area contributed by atoms with Crippen molar-refractivity contribution in [3.8, 4) is 0 Å². The summed E-state index contributed by atoms with van der Waals surface area (Å²) in [4.78, 5) is 26.3. The Hall–Kier alpha value is -2.96. The highest BCUT2D eigenvalue weighted by Gasteiger charge is 2.46. The summed E-state index contributed by atoms with van der Waals surface area (Å²) in [6, 6.07) is 5.08. The van der Waals surface area contributed by atoms with Crippen molar-refractivity contribution in [2.75, 3.05) is 4.90 Å². The topological polar surface area (TPSA) is 70.8 Å². The van der Waals surface area contributed by atoms with E-state index in [-0.39, 0.29) is 17.0 Å². The molecule has 0 spiro atoms. The number of carbonyl (C=O) groups excluding carboxylic acids is 2. The van der Waals surface area contributed by atoms with Gasteiger partial charge in [0.15, 0.2) is 23.2 Å². The molecule has 1 aromatic carbocycles. The third-order valence-corrected chi connectivity index (χ3v) is 4.21. The number of benzene rings is 1. The van der Waals surface area contributed by atoms with E-state index in [1.807, 2.05) is 0 Å². The molecular formula is C19H17F2NO4. The number of halogens is 2. The molecule has 0 bridgehead atoms. The fraction of sp³-hybridized carbons (Fsp3) is 0.263. The Morgan fingerprint density at radius 1 is 1.19 bits per heavy atom. The molecule has 7 heteroatoms. The average Bonchev–Trinajstić information content (AvgIpc) is 3.12. The fourth-order valence-electron chi connectivity index (χ4n) is 2.94. The first-order chi connectivity index (χ1) is 12.2. The van der Waals surface area contributed by atoms with Gasteiger partial charge in [-0.1, -0.05) is 13.8 Å². The lowest BCUT2D eigenvalue weighted by molar-refractivity contribution is -0.119.